The number of amides is 1. The zero-order chi connectivity index (χ0) is 16.0. The Morgan fingerprint density at radius 3 is 1.32 bits per heavy atom. The number of carbonyl (C=O) groups is 3. The normalized spacial score (nSPS) is 5.53. The summed E-state index contributed by atoms with van der Waals surface area (Å²) in [6, 6.07) is 0. The summed E-state index contributed by atoms with van der Waals surface area (Å²) >= 11 is 4.74. The van der Waals surface area contributed by atoms with E-state index in [2.05, 4.69) is 40.0 Å². The SMILES string of the molecule is C.CC(C)=O.CC=O.CCO.CN(C)C=O.[I][V][I]. The second-order valence-corrected chi connectivity index (χ2v) is 14.4. The first-order chi connectivity index (χ1) is 8.24. The molecule has 0 atom stereocenters. The number of nitrogens with zero attached hydrogens (tertiary/aromatic N) is 1. The zero-order valence-corrected chi connectivity index (χ0v) is 17.4. The van der Waals surface area contributed by atoms with Crippen molar-refractivity contribution < 1.29 is 29.0 Å². The van der Waals surface area contributed by atoms with Gasteiger partial charge in [0.15, 0.2) is 0 Å². The zero-order valence-electron chi connectivity index (χ0n) is 11.7. The summed E-state index contributed by atoms with van der Waals surface area (Å²) in [7, 11) is 4.00. The molecule has 0 aliphatic rings. The maximum absolute atomic E-state index is 9.44. The van der Waals surface area contributed by atoms with E-state index >= 15 is 0 Å². The molecular weight excluding hydrogens is 515 g/mol. The summed E-state index contributed by atoms with van der Waals surface area (Å²) in [6.07, 6.45) is 1.50. The van der Waals surface area contributed by atoms with Crippen LogP contribution in [0.25, 0.3) is 0 Å². The van der Waals surface area contributed by atoms with Gasteiger partial charge in [0, 0.05) is 20.7 Å². The summed E-state index contributed by atoms with van der Waals surface area (Å²) in [4.78, 5) is 29.1. The van der Waals surface area contributed by atoms with E-state index < -0.39 is 0 Å². The monoisotopic (exact) mass is 542 g/mol. The minimum absolute atomic E-state index is 0. The molecule has 0 bridgehead atoms. The summed E-state index contributed by atoms with van der Waals surface area (Å²) in [5, 5.41) is 7.57. The maximum atomic E-state index is 9.44. The number of ketones is 1. The Morgan fingerprint density at radius 1 is 1.26 bits per heavy atom. The Balaban J connectivity index is -0.0000000280. The van der Waals surface area contributed by atoms with Gasteiger partial charge in [-0.05, 0) is 27.7 Å². The summed E-state index contributed by atoms with van der Waals surface area (Å²) in [5.74, 6) is 0.167. The first kappa shape index (κ1) is 36.8. The average molecular weight is 542 g/mol. The summed E-state index contributed by atoms with van der Waals surface area (Å²) < 4.78 is 0. The Hall–Kier alpha value is 0.814. The van der Waals surface area contributed by atoms with Gasteiger partial charge in [-0.25, -0.2) is 0 Å². The molecule has 0 fully saturated rings. The van der Waals surface area contributed by atoms with Crippen LogP contribution in [0, 0.1) is 0 Å². The van der Waals surface area contributed by atoms with Crippen LogP contribution in [-0.4, -0.2) is 49.2 Å². The number of Topliss-reactive ketones (excluding diaryl/α,β-unsaturated/α-hetero) is 1. The average Bonchev–Trinajstić information content (AvgIpc) is 2.20. The van der Waals surface area contributed by atoms with Crippen LogP contribution < -0.4 is 0 Å². The number of rotatable bonds is 1. The molecule has 0 heterocycles. The second-order valence-electron chi connectivity index (χ2n) is 2.59. The number of aliphatic hydroxyl groups excluding tert-OH is 1. The quantitative estimate of drug-likeness (QED) is 0.409. The number of carbonyl (C=O) groups excluding carboxylic acids is 3. The van der Waals surface area contributed by atoms with Gasteiger partial charge in [-0.2, -0.15) is 0 Å². The molecule has 1 amide bonds. The fourth-order valence-corrected chi connectivity index (χ4v) is 0. The van der Waals surface area contributed by atoms with Crippen LogP contribution in [-0.2, 0) is 23.8 Å². The van der Waals surface area contributed by atoms with Crippen molar-refractivity contribution in [2.24, 2.45) is 0 Å². The van der Waals surface area contributed by atoms with Crippen LogP contribution in [0.2, 0.25) is 0 Å². The van der Waals surface area contributed by atoms with Crippen LogP contribution in [0.1, 0.15) is 35.1 Å². The first-order valence-corrected chi connectivity index (χ1v) is 13.8. The molecule has 0 aromatic carbocycles. The predicted molar refractivity (Wildman–Crippen MR) is 95.4 cm³/mol. The molecule has 5 nitrogen and oxygen atoms in total. The standard InChI is InChI=1S/C3H7NO.C3H6O.C2H6O.C2H4O.CH4.2HI.V/c1-4(2)3-5;1-3(2)4;2*1-2-3;;;;/h3H,1-2H3;1-2H3;3H,2H2,1H3;2H,1H3;1H4;2*1H;/q;;;;;;;+2/p-2. The summed E-state index contributed by atoms with van der Waals surface area (Å²) in [5.41, 5.74) is 0. The topological polar surface area (TPSA) is 74.7 Å². The van der Waals surface area contributed by atoms with E-state index in [-0.39, 0.29) is 19.8 Å². The molecule has 0 aliphatic heterocycles. The molecule has 8 heteroatoms. The van der Waals surface area contributed by atoms with Gasteiger partial charge in [-0.3, -0.25) is 4.79 Å². The van der Waals surface area contributed by atoms with Gasteiger partial charge in [0.05, 0.1) is 0 Å². The molecule has 0 aliphatic carbocycles. The van der Waals surface area contributed by atoms with Crippen molar-refractivity contribution in [1.82, 2.24) is 4.90 Å². The van der Waals surface area contributed by atoms with Crippen LogP contribution in [0.3, 0.4) is 0 Å². The molecule has 0 aromatic rings. The van der Waals surface area contributed by atoms with Crippen molar-refractivity contribution in [2.75, 3.05) is 20.7 Å². The van der Waals surface area contributed by atoms with Crippen LogP contribution in [0.5, 0.6) is 0 Å². The third-order valence-electron chi connectivity index (χ3n) is 0.211. The molecule has 0 aromatic heterocycles. The second kappa shape index (κ2) is 51.1. The summed E-state index contributed by atoms with van der Waals surface area (Å²) in [6.45, 7) is 6.43. The van der Waals surface area contributed by atoms with E-state index in [1.54, 1.807) is 21.0 Å². The van der Waals surface area contributed by atoms with Crippen LogP contribution in [0.15, 0.2) is 0 Å². The third-order valence-corrected chi connectivity index (χ3v) is 0.211. The van der Waals surface area contributed by atoms with Gasteiger partial charge in [0.1, 0.15) is 12.1 Å². The molecule has 0 saturated heterocycles. The van der Waals surface area contributed by atoms with Crippen molar-refractivity contribution >= 4 is 58.4 Å². The number of halogens is 2. The number of hydrogen-bond acceptors (Lipinski definition) is 4. The molecule has 0 radical (unpaired) electrons. The van der Waals surface area contributed by atoms with Gasteiger partial charge in [-0.15, -0.1) is 0 Å². The van der Waals surface area contributed by atoms with Gasteiger partial charge >= 0.3 is 49.4 Å². The molecule has 0 spiro atoms. The van der Waals surface area contributed by atoms with Gasteiger partial charge in [0.25, 0.3) is 0 Å². The van der Waals surface area contributed by atoms with E-state index in [0.29, 0.717) is 9.47 Å². The molecule has 0 rings (SSSR count). The Labute approximate surface area is 147 Å². The van der Waals surface area contributed by atoms with Crippen molar-refractivity contribution in [3.63, 3.8) is 0 Å². The van der Waals surface area contributed by atoms with Crippen molar-refractivity contribution in [1.29, 1.82) is 0 Å². The number of aldehydes is 1. The van der Waals surface area contributed by atoms with Crippen molar-refractivity contribution in [3.8, 4) is 0 Å². The van der Waals surface area contributed by atoms with Gasteiger partial charge in [0.2, 0.25) is 6.41 Å². The Morgan fingerprint density at radius 2 is 1.32 bits per heavy atom. The first-order valence-electron chi connectivity index (χ1n) is 4.77. The molecule has 1 N–H and O–H groups in total. The third kappa shape index (κ3) is 672. The Bertz CT molecular complexity index is 156. The number of aliphatic hydroxyl groups is 1. The van der Waals surface area contributed by atoms with Gasteiger partial charge < -0.3 is 19.6 Å². The molecule has 0 unspecified atom stereocenters. The fourth-order valence-electron chi connectivity index (χ4n) is 0. The molecule has 0 saturated carbocycles. The van der Waals surface area contributed by atoms with Crippen molar-refractivity contribution in [2.45, 2.75) is 35.1 Å². The fraction of sp³-hybridized carbons (Fsp3) is 0.727. The van der Waals surface area contributed by atoms with Crippen LogP contribution in [0.4, 0.5) is 0 Å². The molecule has 119 valence electrons. The van der Waals surface area contributed by atoms with E-state index in [9.17, 15) is 9.59 Å². The predicted octanol–water partition coefficient (Wildman–Crippen LogP) is 2.91. The molecular formula is C11H27I2NO4V. The van der Waals surface area contributed by atoms with Crippen LogP contribution >= 0.6 is 40.0 Å². The van der Waals surface area contributed by atoms with E-state index in [1.807, 2.05) is 0 Å². The molecule has 19 heavy (non-hydrogen) atoms. The van der Waals surface area contributed by atoms with Crippen molar-refractivity contribution in [3.05, 3.63) is 0 Å². The van der Waals surface area contributed by atoms with Gasteiger partial charge in [-0.1, -0.05) is 7.43 Å². The Kier molecular flexibility index (Phi) is 98.8. The van der Waals surface area contributed by atoms with E-state index in [0.717, 1.165) is 12.7 Å². The van der Waals surface area contributed by atoms with E-state index in [4.69, 9.17) is 9.90 Å². The number of hydrogen-bond donors (Lipinski definition) is 1. The van der Waals surface area contributed by atoms with E-state index in [1.165, 1.54) is 25.7 Å². The minimum atomic E-state index is 0.